The summed E-state index contributed by atoms with van der Waals surface area (Å²) in [5, 5.41) is 0. The summed E-state index contributed by atoms with van der Waals surface area (Å²) in [6.07, 6.45) is -4.52. The smallest absolute Gasteiger partial charge is 0.416 e. The van der Waals surface area contributed by atoms with Crippen molar-refractivity contribution in [2.24, 2.45) is 0 Å². The molecule has 0 aliphatic carbocycles. The van der Waals surface area contributed by atoms with Crippen molar-refractivity contribution in [3.8, 4) is 34.5 Å². The van der Waals surface area contributed by atoms with Gasteiger partial charge < -0.3 is 57.8 Å². The number of halogens is 29. The minimum absolute atomic E-state index is 0.0141. The maximum absolute atomic E-state index is 13.8. The predicted octanol–water partition coefficient (Wildman–Crippen LogP) is 22.9. The van der Waals surface area contributed by atoms with Crippen molar-refractivity contribution in [3.63, 3.8) is 0 Å². The molecule has 12 aromatic rings. The van der Waals surface area contributed by atoms with E-state index < -0.39 is 169 Å². The highest BCUT2D eigenvalue weighted by Gasteiger charge is 2.35. The van der Waals surface area contributed by atoms with Crippen LogP contribution in [0.5, 0.6) is 34.5 Å². The van der Waals surface area contributed by atoms with Gasteiger partial charge in [-0.25, -0.2) is 114 Å². The Labute approximate surface area is 691 Å². The molecule has 0 atom stereocenters. The van der Waals surface area contributed by atoms with Gasteiger partial charge >= 0.3 is 6.18 Å². The van der Waals surface area contributed by atoms with E-state index in [0.29, 0.717) is 35.1 Å². The Hall–Kier alpha value is -13.8. The van der Waals surface area contributed by atoms with Crippen LogP contribution in [0, 0.1) is 151 Å². The third kappa shape index (κ3) is 19.9. The summed E-state index contributed by atoms with van der Waals surface area (Å²) in [6, 6.07) is 27.2. The molecule has 660 valence electrons. The summed E-state index contributed by atoms with van der Waals surface area (Å²) in [7, 11) is 0. The molecule has 0 spiro atoms. The lowest BCUT2D eigenvalue weighted by Gasteiger charge is -2.31. The lowest BCUT2D eigenvalue weighted by atomic mass is 10.1. The number of hydrogen-bond acceptors (Lipinski definition) is 12. The fraction of sp³-hybridized carbons (Fsp3) is 0.153. The van der Waals surface area contributed by atoms with Gasteiger partial charge in [-0.05, 0) is 91.0 Å². The average Bonchev–Trinajstić information content (AvgIpc) is 0.794. The number of rotatable bonds is 6. The Kier molecular flexibility index (Phi) is 26.7. The second-order valence-electron chi connectivity index (χ2n) is 27.5. The van der Waals surface area contributed by atoms with E-state index in [9.17, 15) is 127 Å². The molecule has 0 aromatic heterocycles. The van der Waals surface area contributed by atoms with E-state index in [1.807, 2.05) is 0 Å². The molecule has 0 saturated carbocycles. The standard InChI is InChI=1S/C15H9F6NO.3C14H8F5NO.2C14H9F4NO/c16-11-5-12-10(13(17)14(11)18)6-22(7-23-12)9-3-1-2-8(4-9)15(19,20)21;15-8-2-11(18)14(12(19)3-8)20-5-7-1-9(16)10(17)4-13(7)21-6-20;15-7-1-2-11(9(16)3-7)20-5-8-12(21-6-20)4-10(17)14(19)13(8)18;15-9-2-1-7(3-10(9)16)20-5-8-12(21-6-20)4-11(17)14(19)13(8)18;15-8-1-3-9(4-2-8)19-6-10-12(20-7-19)5-11(16)14(18)13(10)17;15-10-2-1-9(4-12(10)17)19-6-8-3-11(16)13(18)5-14(8)20-7-19/h1-5H,6-7H2;3*1-4H,5-6H2;2*1-5H,6-7H2. The van der Waals surface area contributed by atoms with Gasteiger partial charge in [0.1, 0.15) is 63.5 Å². The summed E-state index contributed by atoms with van der Waals surface area (Å²) in [5.74, 6) is -30.5. The minimum Gasteiger partial charge on any atom is -0.473 e. The summed E-state index contributed by atoms with van der Waals surface area (Å²) >= 11 is 0. The Balaban J connectivity index is 0.000000130. The molecule has 12 nitrogen and oxygen atoms in total. The molecule has 41 heteroatoms. The first kappa shape index (κ1) is 90.0. The highest BCUT2D eigenvalue weighted by atomic mass is 19.4. The zero-order valence-electron chi connectivity index (χ0n) is 63.2. The number of hydrogen-bond donors (Lipinski definition) is 0. The Morgan fingerprint density at radius 3 is 0.921 bits per heavy atom. The molecule has 0 N–H and O–H groups in total. The fourth-order valence-corrected chi connectivity index (χ4v) is 13.0. The van der Waals surface area contributed by atoms with Gasteiger partial charge in [0.2, 0.25) is 0 Å². The van der Waals surface area contributed by atoms with Gasteiger partial charge in [0.25, 0.3) is 0 Å². The second kappa shape index (κ2) is 37.3. The van der Waals surface area contributed by atoms with Crippen molar-refractivity contribution >= 4 is 34.1 Å². The normalized spacial score (nSPS) is 14.0. The minimum atomic E-state index is -4.52. The van der Waals surface area contributed by atoms with Crippen LogP contribution in [0.1, 0.15) is 38.9 Å². The molecule has 6 heterocycles. The lowest BCUT2D eigenvalue weighted by molar-refractivity contribution is -0.137. The van der Waals surface area contributed by atoms with Crippen LogP contribution in [0.2, 0.25) is 0 Å². The molecule has 12 aromatic carbocycles. The van der Waals surface area contributed by atoms with Crippen molar-refractivity contribution in [2.45, 2.75) is 45.4 Å². The lowest BCUT2D eigenvalue weighted by Crippen LogP contribution is -2.33. The molecule has 126 heavy (non-hydrogen) atoms. The van der Waals surface area contributed by atoms with Crippen LogP contribution in [0.15, 0.2) is 164 Å². The van der Waals surface area contributed by atoms with Crippen molar-refractivity contribution in [1.29, 1.82) is 0 Å². The van der Waals surface area contributed by atoms with Crippen molar-refractivity contribution in [1.82, 2.24) is 0 Å². The number of fused-ring (bicyclic) bond motifs is 6. The second-order valence-corrected chi connectivity index (χ2v) is 27.5. The van der Waals surface area contributed by atoms with Crippen molar-refractivity contribution < 1.29 is 156 Å². The van der Waals surface area contributed by atoms with Crippen LogP contribution < -0.4 is 57.8 Å². The summed E-state index contributed by atoms with van der Waals surface area (Å²) < 4.78 is 414. The first-order chi connectivity index (χ1) is 59.8. The van der Waals surface area contributed by atoms with Gasteiger partial charge in [0.05, 0.1) is 66.2 Å². The van der Waals surface area contributed by atoms with Gasteiger partial charge in [0, 0.05) is 107 Å². The van der Waals surface area contributed by atoms with Crippen LogP contribution in [0.25, 0.3) is 0 Å². The third-order valence-corrected chi connectivity index (χ3v) is 19.3. The SMILES string of the molecule is Fc1cc(F)c(N2COc3cc(F)c(F)cc3C2)c(F)c1.Fc1cc2c(c(F)c1F)CN(c1cccc(C(F)(F)F)c1)CO2.Fc1ccc(N2COc3cc(F)c(F)c(F)c3C2)c(F)c1.Fc1ccc(N2COc3cc(F)c(F)c(F)c3C2)cc1.Fc1ccc(N2COc3cc(F)c(F)c(F)c3C2)cc1F.Fc1ccc(N2COc3cc(F)c(F)cc3C2)cc1F. The van der Waals surface area contributed by atoms with Crippen molar-refractivity contribution in [3.05, 3.63) is 354 Å². The highest BCUT2D eigenvalue weighted by molar-refractivity contribution is 5.58. The van der Waals surface area contributed by atoms with Crippen LogP contribution in [0.3, 0.4) is 0 Å². The summed E-state index contributed by atoms with van der Waals surface area (Å²) in [5.41, 5.74) is -0.00719. The van der Waals surface area contributed by atoms with Crippen LogP contribution >= 0.6 is 0 Å². The molecule has 18 rings (SSSR count). The van der Waals surface area contributed by atoms with E-state index in [0.717, 1.165) is 102 Å². The summed E-state index contributed by atoms with van der Waals surface area (Å²) in [4.78, 5) is 8.20. The van der Waals surface area contributed by atoms with Crippen LogP contribution in [0.4, 0.5) is 161 Å². The zero-order valence-corrected chi connectivity index (χ0v) is 63.2. The molecular weight excluding hydrogens is 1750 g/mol. The third-order valence-electron chi connectivity index (χ3n) is 19.3. The number of nitrogens with zero attached hydrogens (tertiary/aromatic N) is 6. The largest absolute Gasteiger partial charge is 0.473 e. The topological polar surface area (TPSA) is 74.8 Å². The van der Waals surface area contributed by atoms with Gasteiger partial charge in [-0.2, -0.15) is 13.2 Å². The van der Waals surface area contributed by atoms with E-state index in [2.05, 4.69) is 0 Å². The predicted molar refractivity (Wildman–Crippen MR) is 391 cm³/mol. The maximum atomic E-state index is 13.8. The van der Waals surface area contributed by atoms with E-state index in [1.165, 1.54) is 63.2 Å². The van der Waals surface area contributed by atoms with E-state index in [1.54, 1.807) is 9.80 Å². The van der Waals surface area contributed by atoms with Gasteiger partial charge in [-0.15, -0.1) is 0 Å². The molecule has 6 aliphatic heterocycles. The van der Waals surface area contributed by atoms with E-state index in [-0.39, 0.29) is 159 Å². The average molecular weight is 1800 g/mol. The van der Waals surface area contributed by atoms with Gasteiger partial charge in [-0.3, -0.25) is 0 Å². The first-order valence-corrected chi connectivity index (χ1v) is 36.1. The molecule has 0 radical (unpaired) electrons. The number of ether oxygens (including phenoxy) is 6. The molecular formula is C85H51F29N6O6. The Morgan fingerprint density at radius 1 is 0.214 bits per heavy atom. The van der Waals surface area contributed by atoms with Crippen LogP contribution in [-0.4, -0.2) is 40.4 Å². The highest BCUT2D eigenvalue weighted by Crippen LogP contribution is 2.42. The van der Waals surface area contributed by atoms with Crippen molar-refractivity contribution in [2.75, 3.05) is 69.8 Å². The quantitative estimate of drug-likeness (QED) is 0.118. The molecule has 0 amide bonds. The monoisotopic (exact) mass is 1800 g/mol. The fourth-order valence-electron chi connectivity index (χ4n) is 13.0. The van der Waals surface area contributed by atoms with Crippen LogP contribution in [-0.2, 0) is 45.4 Å². The Morgan fingerprint density at radius 2 is 0.524 bits per heavy atom. The molecule has 6 aliphatic rings. The molecule has 0 unspecified atom stereocenters. The first-order valence-electron chi connectivity index (χ1n) is 36.1. The molecule has 0 saturated heterocycles. The Bertz CT molecular complexity index is 6120. The van der Waals surface area contributed by atoms with Gasteiger partial charge in [-0.1, -0.05) is 6.07 Å². The number of alkyl halides is 3. The van der Waals surface area contributed by atoms with Gasteiger partial charge in [0.15, 0.2) is 168 Å². The molecule has 0 bridgehead atoms. The summed E-state index contributed by atoms with van der Waals surface area (Å²) in [6.45, 7) is -1.16. The van der Waals surface area contributed by atoms with E-state index in [4.69, 9.17) is 28.4 Å². The number of benzene rings is 12. The molecule has 0 fully saturated rings. The zero-order chi connectivity index (χ0) is 90.8. The maximum Gasteiger partial charge on any atom is 0.416 e. The van der Waals surface area contributed by atoms with E-state index >= 15 is 0 Å². The number of anilines is 6.